The van der Waals surface area contributed by atoms with E-state index in [1.165, 1.54) is 0 Å². The van der Waals surface area contributed by atoms with Gasteiger partial charge >= 0.3 is 0 Å². The van der Waals surface area contributed by atoms with Gasteiger partial charge in [0.25, 0.3) is 0 Å². The van der Waals surface area contributed by atoms with Gasteiger partial charge in [-0.3, -0.25) is 0 Å². The Morgan fingerprint density at radius 3 is 0.573 bits per heavy atom. The molecule has 9 rings (SSSR count). The second-order valence-corrected chi connectivity index (χ2v) is 18.6. The van der Waals surface area contributed by atoms with Crippen molar-refractivity contribution in [3.63, 3.8) is 0 Å². The van der Waals surface area contributed by atoms with Crippen molar-refractivity contribution in [2.75, 3.05) is 55.1 Å². The molecular weight excluding hydrogens is 933 g/mol. The Morgan fingerprint density at radius 2 is 0.400 bits per heavy atom. The third-order valence-corrected chi connectivity index (χ3v) is 13.7. The van der Waals surface area contributed by atoms with Crippen LogP contribution >= 0.6 is 0 Å². The first-order chi connectivity index (χ1) is 36.3. The normalized spacial score (nSPS) is 10.9. The van der Waals surface area contributed by atoms with Crippen LogP contribution in [0.15, 0.2) is 182 Å². The highest BCUT2D eigenvalue weighted by Crippen LogP contribution is 2.49. The maximum absolute atomic E-state index is 10.4. The fourth-order valence-corrected chi connectivity index (χ4v) is 9.73. The van der Waals surface area contributed by atoms with Crippen molar-refractivity contribution in [3.05, 3.63) is 215 Å². The molecule has 0 aliphatic carbocycles. The van der Waals surface area contributed by atoms with E-state index >= 15 is 0 Å². The van der Waals surface area contributed by atoms with Crippen molar-refractivity contribution >= 4 is 68.2 Å². The number of hydrogen-bond acceptors (Lipinski definition) is 10. The van der Waals surface area contributed by atoms with Crippen LogP contribution in [-0.2, 0) is 0 Å². The number of benzene rings is 9. The molecule has 0 atom stereocenters. The number of methoxy groups -OCH3 is 5. The van der Waals surface area contributed by atoms with Gasteiger partial charge in [0.1, 0.15) is 34.5 Å². The molecule has 0 bridgehead atoms. The van der Waals surface area contributed by atoms with Gasteiger partial charge in [-0.1, -0.05) is 0 Å². The molecule has 10 heteroatoms. The highest BCUT2D eigenvalue weighted by atomic mass is 16.5. The number of hydrogen-bond donors (Lipinski definition) is 1. The molecule has 9 aromatic carbocycles. The summed E-state index contributed by atoms with van der Waals surface area (Å²) in [5.74, 6) is 4.11. The van der Waals surface area contributed by atoms with Crippen LogP contribution in [0.3, 0.4) is 0 Å². The lowest BCUT2D eigenvalue weighted by molar-refractivity contribution is 0.414. The van der Waals surface area contributed by atoms with E-state index < -0.39 is 0 Å². The van der Waals surface area contributed by atoms with Gasteiger partial charge in [0.15, 0.2) is 0 Å². The van der Waals surface area contributed by atoms with E-state index in [-0.39, 0.29) is 5.75 Å². The topological polar surface area (TPSA) is 79.3 Å². The van der Waals surface area contributed by atoms with Crippen molar-refractivity contribution in [1.29, 1.82) is 0 Å². The minimum atomic E-state index is 0.202. The Hall–Kier alpha value is -9.02. The van der Waals surface area contributed by atoms with Crippen LogP contribution < -0.4 is 43.3 Å². The van der Waals surface area contributed by atoms with Crippen molar-refractivity contribution in [1.82, 2.24) is 0 Å². The largest absolute Gasteiger partial charge is 0.508 e. The zero-order chi connectivity index (χ0) is 52.9. The molecule has 380 valence electrons. The number of aryl methyl sites for hydroxylation is 6. The molecule has 10 nitrogen and oxygen atoms in total. The molecule has 0 fully saturated rings. The summed E-state index contributed by atoms with van der Waals surface area (Å²) in [4.78, 5) is 9.23. The molecule has 0 aromatic heterocycles. The average Bonchev–Trinajstić information content (AvgIpc) is 3.44. The van der Waals surface area contributed by atoms with Crippen LogP contribution in [0.25, 0.3) is 0 Å². The summed E-state index contributed by atoms with van der Waals surface area (Å²) in [6.45, 7) is 13.1. The first-order valence-electron chi connectivity index (χ1n) is 24.9. The number of anilines is 12. The number of ether oxygens (including phenoxy) is 5. The Morgan fingerprint density at radius 1 is 0.240 bits per heavy atom. The Labute approximate surface area is 441 Å². The van der Waals surface area contributed by atoms with E-state index in [0.29, 0.717) is 0 Å². The zero-order valence-corrected chi connectivity index (χ0v) is 44.6. The van der Waals surface area contributed by atoms with E-state index in [9.17, 15) is 5.11 Å². The quantitative estimate of drug-likeness (QED) is 0.0953. The fourth-order valence-electron chi connectivity index (χ4n) is 9.73. The molecule has 0 amide bonds. The molecule has 0 radical (unpaired) electrons. The van der Waals surface area contributed by atoms with Gasteiger partial charge in [0, 0.05) is 68.2 Å². The molecule has 0 saturated heterocycles. The number of phenolic OH excluding ortho intramolecular Hbond substituents is 1. The highest BCUT2D eigenvalue weighted by molar-refractivity contribution is 5.91. The van der Waals surface area contributed by atoms with E-state index in [1.807, 2.05) is 72.8 Å². The third kappa shape index (κ3) is 10.5. The average molecular weight is 997 g/mol. The first-order valence-corrected chi connectivity index (χ1v) is 24.9. The number of aromatic hydroxyl groups is 1. The van der Waals surface area contributed by atoms with Crippen LogP contribution in [0, 0.1) is 41.5 Å². The summed E-state index contributed by atoms with van der Waals surface area (Å²) < 4.78 is 27.9. The molecule has 9 aromatic rings. The van der Waals surface area contributed by atoms with Gasteiger partial charge in [0.2, 0.25) is 0 Å². The van der Waals surface area contributed by atoms with Crippen molar-refractivity contribution in [2.45, 2.75) is 41.5 Å². The first kappa shape index (κ1) is 50.9. The zero-order valence-electron chi connectivity index (χ0n) is 44.6. The molecule has 0 unspecified atom stereocenters. The molecule has 1 N–H and O–H groups in total. The minimum absolute atomic E-state index is 0.202. The fraction of sp³-hybridized carbons (Fsp3) is 0.169. The molecule has 75 heavy (non-hydrogen) atoms. The van der Waals surface area contributed by atoms with Crippen LogP contribution in [0.1, 0.15) is 33.4 Å². The van der Waals surface area contributed by atoms with Crippen LogP contribution in [0.5, 0.6) is 34.5 Å². The standard InChI is InChI=1S/C65H64N4O6/c1-42-39-63(45(4)36-60(42)66(48-12-24-54(70)25-13-48)49-14-26-55(71-7)27-15-49)69(64-40-43(2)61(37-46(64)5)67(50-16-28-56(72-8)29-17-50)51-18-30-57(73-9)31-19-51)65-41-44(3)62(38-47(65)6)68(52-20-32-58(74-10)33-21-52)53-22-34-59(75-11)35-23-53/h12-41,70H,1-11H3. The summed E-state index contributed by atoms with van der Waals surface area (Å²) in [6, 6.07) is 61.9. The number of phenols is 1. The lowest BCUT2D eigenvalue weighted by Crippen LogP contribution is -2.18. The molecule has 0 spiro atoms. The second kappa shape index (κ2) is 22.0. The van der Waals surface area contributed by atoms with E-state index in [0.717, 1.165) is 130 Å². The smallest absolute Gasteiger partial charge is 0.119 e. The van der Waals surface area contributed by atoms with Gasteiger partial charge in [-0.25, -0.2) is 0 Å². The van der Waals surface area contributed by atoms with Gasteiger partial charge in [-0.05, 0) is 257 Å². The maximum Gasteiger partial charge on any atom is 0.119 e. The summed E-state index contributed by atoms with van der Waals surface area (Å²) in [7, 11) is 8.42. The monoisotopic (exact) mass is 996 g/mol. The molecule has 0 heterocycles. The SMILES string of the molecule is COc1ccc(N(c2ccc(O)cc2)c2cc(C)c(N(c3cc(C)c(N(c4ccc(OC)cc4)c4ccc(OC)cc4)cc3C)c3cc(C)c(N(c4ccc(OC)cc4)c4ccc(OC)cc4)cc3C)cc2C)cc1. The summed E-state index contributed by atoms with van der Waals surface area (Å²) >= 11 is 0. The third-order valence-electron chi connectivity index (χ3n) is 13.7. The predicted molar refractivity (Wildman–Crippen MR) is 308 cm³/mol. The van der Waals surface area contributed by atoms with Crippen LogP contribution in [0.4, 0.5) is 68.2 Å². The van der Waals surface area contributed by atoms with Crippen molar-refractivity contribution in [2.24, 2.45) is 0 Å². The van der Waals surface area contributed by atoms with E-state index in [4.69, 9.17) is 23.7 Å². The summed E-state index contributed by atoms with van der Waals surface area (Å²) in [5.41, 5.74) is 18.4. The Kier molecular flexibility index (Phi) is 14.9. The van der Waals surface area contributed by atoms with Gasteiger partial charge in [0.05, 0.1) is 35.5 Å². The van der Waals surface area contributed by atoms with Crippen LogP contribution in [-0.4, -0.2) is 40.7 Å². The Balaban J connectivity index is 1.25. The maximum atomic E-state index is 10.4. The van der Waals surface area contributed by atoms with Gasteiger partial charge in [-0.15, -0.1) is 0 Å². The van der Waals surface area contributed by atoms with Crippen molar-refractivity contribution in [3.8, 4) is 34.5 Å². The van der Waals surface area contributed by atoms with E-state index in [2.05, 4.69) is 158 Å². The predicted octanol–water partition coefficient (Wildman–Crippen LogP) is 17.2. The number of nitrogens with zero attached hydrogens (tertiary/aromatic N) is 4. The molecular formula is C65H64N4O6. The summed E-state index contributed by atoms with van der Waals surface area (Å²) in [6.07, 6.45) is 0. The van der Waals surface area contributed by atoms with Gasteiger partial charge < -0.3 is 48.4 Å². The molecule has 0 aliphatic heterocycles. The highest BCUT2D eigenvalue weighted by Gasteiger charge is 2.27. The second-order valence-electron chi connectivity index (χ2n) is 18.6. The Bertz CT molecular complexity index is 3170. The number of rotatable bonds is 17. The van der Waals surface area contributed by atoms with Crippen molar-refractivity contribution < 1.29 is 28.8 Å². The lowest BCUT2D eigenvalue weighted by Gasteiger charge is -2.35. The lowest BCUT2D eigenvalue weighted by atomic mass is 9.98. The molecule has 0 aliphatic rings. The summed E-state index contributed by atoms with van der Waals surface area (Å²) in [5, 5.41) is 10.4. The van der Waals surface area contributed by atoms with Gasteiger partial charge in [-0.2, -0.15) is 0 Å². The minimum Gasteiger partial charge on any atom is -0.508 e. The van der Waals surface area contributed by atoms with Crippen LogP contribution in [0.2, 0.25) is 0 Å². The molecule has 0 saturated carbocycles. The van der Waals surface area contributed by atoms with E-state index in [1.54, 1.807) is 47.7 Å².